The first-order chi connectivity index (χ1) is 7.72. The molecule has 0 aliphatic carbocycles. The SMILES string of the molecule is CCNCC/C=C(/C)CCc1cnn(C)c1. The van der Waals surface area contributed by atoms with Crippen molar-refractivity contribution in [3.63, 3.8) is 0 Å². The van der Waals surface area contributed by atoms with Crippen molar-refractivity contribution in [3.05, 3.63) is 29.6 Å². The van der Waals surface area contributed by atoms with Crippen LogP contribution in [0.25, 0.3) is 0 Å². The summed E-state index contributed by atoms with van der Waals surface area (Å²) in [6.45, 7) is 6.49. The maximum absolute atomic E-state index is 4.17. The molecule has 3 nitrogen and oxygen atoms in total. The Morgan fingerprint density at radius 3 is 3.00 bits per heavy atom. The van der Waals surface area contributed by atoms with Gasteiger partial charge in [0.1, 0.15) is 0 Å². The van der Waals surface area contributed by atoms with Crippen molar-refractivity contribution < 1.29 is 0 Å². The van der Waals surface area contributed by atoms with Crippen LogP contribution < -0.4 is 5.32 Å². The zero-order valence-corrected chi connectivity index (χ0v) is 10.7. The largest absolute Gasteiger partial charge is 0.317 e. The Bertz CT molecular complexity index is 326. The lowest BCUT2D eigenvalue weighted by Crippen LogP contribution is -2.13. The van der Waals surface area contributed by atoms with E-state index >= 15 is 0 Å². The molecule has 1 aromatic heterocycles. The minimum atomic E-state index is 1.06. The number of nitrogens with one attached hydrogen (secondary N) is 1. The van der Waals surface area contributed by atoms with Gasteiger partial charge in [0.15, 0.2) is 0 Å². The molecule has 1 heterocycles. The molecule has 0 bridgehead atoms. The van der Waals surface area contributed by atoms with E-state index in [1.165, 1.54) is 11.1 Å². The molecule has 0 spiro atoms. The first-order valence-electron chi connectivity index (χ1n) is 6.06. The monoisotopic (exact) mass is 221 g/mol. The zero-order chi connectivity index (χ0) is 11.8. The molecule has 0 aliphatic rings. The first kappa shape index (κ1) is 13.0. The van der Waals surface area contributed by atoms with Crippen LogP contribution in [-0.4, -0.2) is 22.9 Å². The van der Waals surface area contributed by atoms with Crippen LogP contribution in [0.1, 0.15) is 32.3 Å². The van der Waals surface area contributed by atoms with E-state index in [9.17, 15) is 0 Å². The predicted octanol–water partition coefficient (Wildman–Crippen LogP) is 2.30. The van der Waals surface area contributed by atoms with Crippen molar-refractivity contribution in [3.8, 4) is 0 Å². The van der Waals surface area contributed by atoms with Crippen LogP contribution in [0, 0.1) is 0 Å². The molecule has 0 amide bonds. The maximum atomic E-state index is 4.17. The van der Waals surface area contributed by atoms with Crippen molar-refractivity contribution in [1.29, 1.82) is 0 Å². The van der Waals surface area contributed by atoms with Crippen molar-refractivity contribution in [2.75, 3.05) is 13.1 Å². The fourth-order valence-corrected chi connectivity index (χ4v) is 1.64. The van der Waals surface area contributed by atoms with Gasteiger partial charge in [-0.15, -0.1) is 0 Å². The third kappa shape index (κ3) is 5.12. The van der Waals surface area contributed by atoms with Gasteiger partial charge in [-0.1, -0.05) is 18.6 Å². The molecule has 0 atom stereocenters. The molecule has 0 saturated carbocycles. The highest BCUT2D eigenvalue weighted by atomic mass is 15.2. The Morgan fingerprint density at radius 1 is 1.56 bits per heavy atom. The molecule has 0 saturated heterocycles. The van der Waals surface area contributed by atoms with Crippen LogP contribution >= 0.6 is 0 Å². The van der Waals surface area contributed by atoms with E-state index in [-0.39, 0.29) is 0 Å². The molecule has 90 valence electrons. The number of hydrogen-bond acceptors (Lipinski definition) is 2. The van der Waals surface area contributed by atoms with E-state index in [4.69, 9.17) is 0 Å². The molecule has 0 unspecified atom stereocenters. The fourth-order valence-electron chi connectivity index (χ4n) is 1.64. The number of hydrogen-bond donors (Lipinski definition) is 1. The van der Waals surface area contributed by atoms with E-state index in [1.807, 2.05) is 17.9 Å². The average molecular weight is 221 g/mol. The smallest absolute Gasteiger partial charge is 0.0521 e. The van der Waals surface area contributed by atoms with Crippen molar-refractivity contribution in [1.82, 2.24) is 15.1 Å². The van der Waals surface area contributed by atoms with Crippen LogP contribution in [0.4, 0.5) is 0 Å². The Kier molecular flexibility index (Phi) is 5.86. The van der Waals surface area contributed by atoms with Gasteiger partial charge in [-0.2, -0.15) is 5.10 Å². The topological polar surface area (TPSA) is 29.9 Å². The quantitative estimate of drug-likeness (QED) is 0.565. The van der Waals surface area contributed by atoms with Crippen molar-refractivity contribution in [2.45, 2.75) is 33.1 Å². The van der Waals surface area contributed by atoms with Crippen LogP contribution in [0.2, 0.25) is 0 Å². The van der Waals surface area contributed by atoms with E-state index in [2.05, 4.69) is 36.5 Å². The Labute approximate surface area is 98.5 Å². The lowest BCUT2D eigenvalue weighted by molar-refractivity contribution is 0.723. The summed E-state index contributed by atoms with van der Waals surface area (Å²) < 4.78 is 1.86. The molecule has 1 N–H and O–H groups in total. The third-order valence-electron chi connectivity index (χ3n) is 2.63. The number of nitrogens with zero attached hydrogens (tertiary/aromatic N) is 2. The minimum absolute atomic E-state index is 1.06. The number of rotatable bonds is 7. The van der Waals surface area contributed by atoms with E-state index < -0.39 is 0 Å². The Hall–Kier alpha value is -1.09. The second-order valence-electron chi connectivity index (χ2n) is 4.21. The molecule has 0 aliphatic heterocycles. The highest BCUT2D eigenvalue weighted by Gasteiger charge is 1.96. The molecule has 0 fully saturated rings. The summed E-state index contributed by atoms with van der Waals surface area (Å²) in [6, 6.07) is 0. The second kappa shape index (κ2) is 7.23. The summed E-state index contributed by atoms with van der Waals surface area (Å²) in [7, 11) is 1.96. The fraction of sp³-hybridized carbons (Fsp3) is 0.615. The van der Waals surface area contributed by atoms with Gasteiger partial charge in [-0.05, 0) is 44.8 Å². The first-order valence-corrected chi connectivity index (χ1v) is 6.06. The van der Waals surface area contributed by atoms with Crippen molar-refractivity contribution in [2.24, 2.45) is 7.05 Å². The summed E-state index contributed by atoms with van der Waals surface area (Å²) in [6.07, 6.45) is 9.73. The highest BCUT2D eigenvalue weighted by Crippen LogP contribution is 2.08. The summed E-state index contributed by atoms with van der Waals surface area (Å²) in [5, 5.41) is 7.49. The Balaban J connectivity index is 2.21. The lowest BCUT2D eigenvalue weighted by Gasteiger charge is -2.01. The van der Waals surface area contributed by atoms with Gasteiger partial charge < -0.3 is 5.32 Å². The number of allylic oxidation sites excluding steroid dienone is 1. The van der Waals surface area contributed by atoms with Crippen LogP contribution in [0.15, 0.2) is 24.0 Å². The zero-order valence-electron chi connectivity index (χ0n) is 10.7. The molecular weight excluding hydrogens is 198 g/mol. The van der Waals surface area contributed by atoms with Gasteiger partial charge in [-0.3, -0.25) is 4.68 Å². The number of aromatic nitrogens is 2. The molecule has 0 radical (unpaired) electrons. The molecule has 1 aromatic rings. The summed E-state index contributed by atoms with van der Waals surface area (Å²) in [5.41, 5.74) is 2.80. The second-order valence-corrected chi connectivity index (χ2v) is 4.21. The summed E-state index contributed by atoms with van der Waals surface area (Å²) in [4.78, 5) is 0. The van der Waals surface area contributed by atoms with E-state index in [0.29, 0.717) is 0 Å². The molecule has 1 rings (SSSR count). The standard InChI is InChI=1S/C13H23N3/c1-4-14-9-5-6-12(2)7-8-13-10-15-16(3)11-13/h6,10-11,14H,4-5,7-9H2,1-3H3/b12-6-. The van der Waals surface area contributed by atoms with Gasteiger partial charge in [0, 0.05) is 13.2 Å². The normalized spacial score (nSPS) is 12.1. The maximum Gasteiger partial charge on any atom is 0.0521 e. The summed E-state index contributed by atoms with van der Waals surface area (Å²) >= 11 is 0. The van der Waals surface area contributed by atoms with Crippen LogP contribution in [0.3, 0.4) is 0 Å². The van der Waals surface area contributed by atoms with E-state index in [0.717, 1.165) is 32.4 Å². The molecular formula is C13H23N3. The number of aryl methyl sites for hydroxylation is 2. The van der Waals surface area contributed by atoms with Gasteiger partial charge in [0.2, 0.25) is 0 Å². The summed E-state index contributed by atoms with van der Waals surface area (Å²) in [5.74, 6) is 0. The molecule has 0 aromatic carbocycles. The van der Waals surface area contributed by atoms with Gasteiger partial charge in [0.05, 0.1) is 6.20 Å². The third-order valence-corrected chi connectivity index (χ3v) is 2.63. The Morgan fingerprint density at radius 2 is 2.38 bits per heavy atom. The van der Waals surface area contributed by atoms with Gasteiger partial charge in [0.25, 0.3) is 0 Å². The van der Waals surface area contributed by atoms with Gasteiger partial charge >= 0.3 is 0 Å². The average Bonchev–Trinajstić information content (AvgIpc) is 2.68. The lowest BCUT2D eigenvalue weighted by atomic mass is 10.1. The van der Waals surface area contributed by atoms with Crippen LogP contribution in [0.5, 0.6) is 0 Å². The molecule has 3 heteroatoms. The highest BCUT2D eigenvalue weighted by molar-refractivity contribution is 5.08. The van der Waals surface area contributed by atoms with Crippen molar-refractivity contribution >= 4 is 0 Å². The van der Waals surface area contributed by atoms with Gasteiger partial charge in [-0.25, -0.2) is 0 Å². The van der Waals surface area contributed by atoms with Crippen LogP contribution in [-0.2, 0) is 13.5 Å². The molecule has 16 heavy (non-hydrogen) atoms. The van der Waals surface area contributed by atoms with E-state index in [1.54, 1.807) is 0 Å². The minimum Gasteiger partial charge on any atom is -0.317 e. The predicted molar refractivity (Wildman–Crippen MR) is 68.4 cm³/mol.